The lowest BCUT2D eigenvalue weighted by atomic mass is 10.3. The van der Waals surface area contributed by atoms with E-state index < -0.39 is 11.7 Å². The molecule has 0 saturated carbocycles. The van der Waals surface area contributed by atoms with Crippen molar-refractivity contribution in [1.82, 2.24) is 20.4 Å². The topological polar surface area (TPSA) is 59.0 Å². The summed E-state index contributed by atoms with van der Waals surface area (Å²) in [7, 11) is 0. The average Bonchev–Trinajstić information content (AvgIpc) is 2.47. The van der Waals surface area contributed by atoms with Crippen molar-refractivity contribution < 1.29 is 9.18 Å². The van der Waals surface area contributed by atoms with E-state index in [0.29, 0.717) is 25.3 Å². The smallest absolute Gasteiger partial charge is 0.274 e. The zero-order chi connectivity index (χ0) is 11.5. The minimum Gasteiger partial charge on any atom is -0.351 e. The second-order valence-corrected chi connectivity index (χ2v) is 3.72. The molecule has 1 aliphatic heterocycles. The molecule has 1 aromatic heterocycles. The fourth-order valence-corrected chi connectivity index (χ4v) is 1.78. The molecule has 1 amide bonds. The lowest BCUT2D eigenvalue weighted by molar-refractivity contribution is 0.0946. The van der Waals surface area contributed by atoms with E-state index in [2.05, 4.69) is 15.7 Å². The molecule has 2 heterocycles. The van der Waals surface area contributed by atoms with Crippen LogP contribution in [0.2, 0.25) is 0 Å². The number of aryl methyl sites for hydroxylation is 1. The molecule has 0 spiro atoms. The summed E-state index contributed by atoms with van der Waals surface area (Å²) in [5, 5.41) is 9.67. The highest BCUT2D eigenvalue weighted by Gasteiger charge is 2.23. The Bertz CT molecular complexity index is 402. The summed E-state index contributed by atoms with van der Waals surface area (Å²) in [5.41, 5.74) is 0.374. The molecule has 2 N–H and O–H groups in total. The number of halogens is 1. The van der Waals surface area contributed by atoms with E-state index in [-0.39, 0.29) is 5.69 Å². The number of nitrogens with one attached hydrogen (secondary N) is 2. The molecule has 0 bridgehead atoms. The predicted octanol–water partition coefficient (Wildman–Crippen LogP) is 0.265. The van der Waals surface area contributed by atoms with Crippen molar-refractivity contribution >= 4 is 5.91 Å². The van der Waals surface area contributed by atoms with Crippen LogP contribution in [0.25, 0.3) is 0 Å². The van der Waals surface area contributed by atoms with Crippen molar-refractivity contribution in [3.8, 4) is 0 Å². The van der Waals surface area contributed by atoms with E-state index in [4.69, 9.17) is 0 Å². The van der Waals surface area contributed by atoms with Gasteiger partial charge < -0.3 is 10.6 Å². The van der Waals surface area contributed by atoms with Gasteiger partial charge in [0.2, 0.25) is 0 Å². The average molecular weight is 226 g/mol. The van der Waals surface area contributed by atoms with Gasteiger partial charge in [-0.3, -0.25) is 9.48 Å². The standard InChI is InChI=1S/C10H15FN4O/c1-2-13-10(16)9-8(11)7-6-12-4-3-5-15(7)14-9/h12H,2-6H2,1H3,(H,13,16). The van der Waals surface area contributed by atoms with Crippen LogP contribution in [0.15, 0.2) is 0 Å². The molecule has 2 rings (SSSR count). The van der Waals surface area contributed by atoms with E-state index in [1.807, 2.05) is 0 Å². The lowest BCUT2D eigenvalue weighted by Gasteiger charge is -1.98. The number of carbonyl (C=O) groups is 1. The van der Waals surface area contributed by atoms with Crippen LogP contribution in [-0.4, -0.2) is 28.8 Å². The second-order valence-electron chi connectivity index (χ2n) is 3.72. The van der Waals surface area contributed by atoms with Crippen molar-refractivity contribution in [3.05, 3.63) is 17.2 Å². The van der Waals surface area contributed by atoms with Gasteiger partial charge >= 0.3 is 0 Å². The van der Waals surface area contributed by atoms with Gasteiger partial charge in [-0.1, -0.05) is 0 Å². The van der Waals surface area contributed by atoms with Gasteiger partial charge in [-0.05, 0) is 19.9 Å². The number of rotatable bonds is 2. The van der Waals surface area contributed by atoms with Crippen LogP contribution in [0.5, 0.6) is 0 Å². The number of hydrogen-bond donors (Lipinski definition) is 2. The summed E-state index contributed by atoms with van der Waals surface area (Å²) in [4.78, 5) is 11.5. The second kappa shape index (κ2) is 4.61. The number of fused-ring (bicyclic) bond motifs is 1. The molecular formula is C10H15FN4O. The van der Waals surface area contributed by atoms with Crippen molar-refractivity contribution in [3.63, 3.8) is 0 Å². The summed E-state index contributed by atoms with van der Waals surface area (Å²) in [6.07, 6.45) is 0.892. The van der Waals surface area contributed by atoms with Crippen molar-refractivity contribution in [2.45, 2.75) is 26.4 Å². The van der Waals surface area contributed by atoms with Crippen LogP contribution in [-0.2, 0) is 13.1 Å². The van der Waals surface area contributed by atoms with Gasteiger partial charge in [0.15, 0.2) is 11.5 Å². The van der Waals surface area contributed by atoms with Crippen LogP contribution in [0.3, 0.4) is 0 Å². The van der Waals surface area contributed by atoms with Crippen molar-refractivity contribution in [2.75, 3.05) is 13.1 Å². The Morgan fingerprint density at radius 1 is 1.69 bits per heavy atom. The van der Waals surface area contributed by atoms with Crippen molar-refractivity contribution in [1.29, 1.82) is 0 Å². The summed E-state index contributed by atoms with van der Waals surface area (Å²) in [6.45, 7) is 4.19. The zero-order valence-corrected chi connectivity index (χ0v) is 9.22. The van der Waals surface area contributed by atoms with E-state index in [9.17, 15) is 9.18 Å². The number of nitrogens with zero attached hydrogens (tertiary/aromatic N) is 2. The predicted molar refractivity (Wildman–Crippen MR) is 56.5 cm³/mol. The third-order valence-corrected chi connectivity index (χ3v) is 2.56. The van der Waals surface area contributed by atoms with Crippen molar-refractivity contribution in [2.24, 2.45) is 0 Å². The number of amides is 1. The highest BCUT2D eigenvalue weighted by molar-refractivity contribution is 5.92. The van der Waals surface area contributed by atoms with Crippen LogP contribution >= 0.6 is 0 Å². The SMILES string of the molecule is CCNC(=O)c1nn2c(c1F)CNCCC2. The maximum absolute atomic E-state index is 13.9. The summed E-state index contributed by atoms with van der Waals surface area (Å²) in [5.74, 6) is -0.944. The summed E-state index contributed by atoms with van der Waals surface area (Å²) >= 11 is 0. The number of aromatic nitrogens is 2. The van der Waals surface area contributed by atoms with E-state index >= 15 is 0 Å². The van der Waals surface area contributed by atoms with Gasteiger partial charge in [0.25, 0.3) is 5.91 Å². The summed E-state index contributed by atoms with van der Waals surface area (Å²) < 4.78 is 15.5. The van der Waals surface area contributed by atoms with E-state index in [0.717, 1.165) is 13.0 Å². The Morgan fingerprint density at radius 2 is 2.50 bits per heavy atom. The Hall–Kier alpha value is -1.43. The van der Waals surface area contributed by atoms with Crippen LogP contribution in [0, 0.1) is 5.82 Å². The Balaban J connectivity index is 2.31. The lowest BCUT2D eigenvalue weighted by Crippen LogP contribution is -2.24. The van der Waals surface area contributed by atoms with Gasteiger partial charge in [-0.15, -0.1) is 0 Å². The monoisotopic (exact) mass is 226 g/mol. The van der Waals surface area contributed by atoms with Gasteiger partial charge in [-0.25, -0.2) is 4.39 Å². The molecule has 0 fully saturated rings. The molecule has 16 heavy (non-hydrogen) atoms. The normalized spacial score (nSPS) is 15.4. The van der Waals surface area contributed by atoms with E-state index in [1.54, 1.807) is 11.6 Å². The Morgan fingerprint density at radius 3 is 3.25 bits per heavy atom. The molecule has 88 valence electrons. The Kier molecular flexibility index (Phi) is 3.19. The largest absolute Gasteiger partial charge is 0.351 e. The first-order chi connectivity index (χ1) is 7.74. The van der Waals surface area contributed by atoms with Crippen LogP contribution in [0.1, 0.15) is 29.5 Å². The Labute approximate surface area is 93.0 Å². The maximum Gasteiger partial charge on any atom is 0.274 e. The molecular weight excluding hydrogens is 211 g/mol. The molecule has 0 aliphatic carbocycles. The highest BCUT2D eigenvalue weighted by Crippen LogP contribution is 2.14. The van der Waals surface area contributed by atoms with Gasteiger partial charge in [-0.2, -0.15) is 5.10 Å². The third-order valence-electron chi connectivity index (χ3n) is 2.56. The van der Waals surface area contributed by atoms with Gasteiger partial charge in [0, 0.05) is 19.6 Å². The maximum atomic E-state index is 13.9. The minimum atomic E-state index is -0.500. The fraction of sp³-hybridized carbons (Fsp3) is 0.600. The molecule has 1 aliphatic rings. The first-order valence-corrected chi connectivity index (χ1v) is 5.48. The first-order valence-electron chi connectivity index (χ1n) is 5.48. The quantitative estimate of drug-likeness (QED) is 0.760. The molecule has 6 heteroatoms. The number of hydrogen-bond acceptors (Lipinski definition) is 3. The molecule has 0 unspecified atom stereocenters. The van der Waals surface area contributed by atoms with Gasteiger partial charge in [0.05, 0.1) is 5.69 Å². The zero-order valence-electron chi connectivity index (χ0n) is 9.22. The number of carbonyl (C=O) groups excluding carboxylic acids is 1. The third kappa shape index (κ3) is 1.92. The molecule has 0 atom stereocenters. The summed E-state index contributed by atoms with van der Waals surface area (Å²) in [6, 6.07) is 0. The van der Waals surface area contributed by atoms with Crippen LogP contribution < -0.4 is 10.6 Å². The first kappa shape index (κ1) is 11.1. The van der Waals surface area contributed by atoms with E-state index in [1.165, 1.54) is 0 Å². The fourth-order valence-electron chi connectivity index (χ4n) is 1.78. The molecule has 0 aromatic carbocycles. The van der Waals surface area contributed by atoms with Crippen LogP contribution in [0.4, 0.5) is 4.39 Å². The molecule has 0 radical (unpaired) electrons. The molecule has 1 aromatic rings. The molecule has 0 saturated heterocycles. The van der Waals surface area contributed by atoms with Gasteiger partial charge in [0.1, 0.15) is 0 Å². The highest BCUT2D eigenvalue weighted by atomic mass is 19.1. The minimum absolute atomic E-state index is 0.0967. The molecule has 5 nitrogen and oxygen atoms in total.